The van der Waals surface area contributed by atoms with Crippen molar-refractivity contribution in [1.29, 1.82) is 0 Å². The average molecular weight is 388 g/mol. The first-order valence-electron chi connectivity index (χ1n) is 10.2. The van der Waals surface area contributed by atoms with Crippen LogP contribution in [0.1, 0.15) is 50.5 Å². The molecule has 1 atom stereocenters. The summed E-state index contributed by atoms with van der Waals surface area (Å²) in [6.07, 6.45) is 6.11. The third kappa shape index (κ3) is 7.85. The van der Waals surface area contributed by atoms with Gasteiger partial charge in [0.15, 0.2) is 0 Å². The van der Waals surface area contributed by atoms with Gasteiger partial charge in [-0.15, -0.1) is 0 Å². The highest BCUT2D eigenvalue weighted by Crippen LogP contribution is 2.23. The summed E-state index contributed by atoms with van der Waals surface area (Å²) in [7, 11) is 1.58. The lowest BCUT2D eigenvalue weighted by atomic mass is 9.95. The molecular formula is C23H33NO4. The van der Waals surface area contributed by atoms with Crippen LogP contribution in [0.2, 0.25) is 0 Å². The second-order valence-corrected chi connectivity index (χ2v) is 7.38. The van der Waals surface area contributed by atoms with Gasteiger partial charge in [0.05, 0.1) is 7.11 Å². The molecule has 1 aliphatic rings. The van der Waals surface area contributed by atoms with Gasteiger partial charge < -0.3 is 14.4 Å². The van der Waals surface area contributed by atoms with E-state index in [0.717, 1.165) is 44.2 Å². The van der Waals surface area contributed by atoms with Crippen molar-refractivity contribution in [1.82, 2.24) is 4.90 Å². The van der Waals surface area contributed by atoms with Crippen molar-refractivity contribution in [2.24, 2.45) is 0 Å². The third-order valence-electron chi connectivity index (χ3n) is 5.18. The Kier molecular flexibility index (Phi) is 9.77. The summed E-state index contributed by atoms with van der Waals surface area (Å²) in [4.78, 5) is 26.7. The van der Waals surface area contributed by atoms with Crippen molar-refractivity contribution in [3.8, 4) is 0 Å². The molecule has 5 nitrogen and oxygen atoms in total. The summed E-state index contributed by atoms with van der Waals surface area (Å²) < 4.78 is 10.5. The molecule has 0 aromatic heterocycles. The normalized spacial score (nSPS) is 16.8. The summed E-state index contributed by atoms with van der Waals surface area (Å²) in [5, 5.41) is 0. The number of Topliss-reactive ketones (excluding diaryl/α,β-unsaturated/α-hetero) is 1. The maximum absolute atomic E-state index is 12.4. The molecule has 0 saturated carbocycles. The number of nitrogens with zero attached hydrogens (tertiary/aromatic N) is 1. The van der Waals surface area contributed by atoms with E-state index in [0.29, 0.717) is 38.2 Å². The molecule has 0 spiro atoms. The lowest BCUT2D eigenvalue weighted by Crippen LogP contribution is -2.44. The van der Waals surface area contributed by atoms with Crippen molar-refractivity contribution >= 4 is 11.7 Å². The Morgan fingerprint density at radius 3 is 2.79 bits per heavy atom. The number of amides is 1. The summed E-state index contributed by atoms with van der Waals surface area (Å²) in [6, 6.07) is 10.0. The van der Waals surface area contributed by atoms with Crippen LogP contribution in [0.3, 0.4) is 0 Å². The summed E-state index contributed by atoms with van der Waals surface area (Å²) in [5.74, 6) is 1.09. The summed E-state index contributed by atoms with van der Waals surface area (Å²) in [6.45, 7) is 5.50. The zero-order valence-electron chi connectivity index (χ0n) is 17.0. The molecule has 1 fully saturated rings. The molecule has 0 aliphatic carbocycles. The SMILES string of the molecule is C=C(COCCCCN1C(=O)CCCC1CCC(=O)Cc1ccccc1)OC. The highest BCUT2D eigenvalue weighted by molar-refractivity contribution is 5.81. The number of hydrogen-bond donors (Lipinski definition) is 0. The number of hydrogen-bond acceptors (Lipinski definition) is 4. The number of ketones is 1. The van der Waals surface area contributed by atoms with Crippen LogP contribution in [0.5, 0.6) is 0 Å². The number of likely N-dealkylation sites (tertiary alicyclic amines) is 1. The van der Waals surface area contributed by atoms with Crippen LogP contribution >= 0.6 is 0 Å². The lowest BCUT2D eigenvalue weighted by molar-refractivity contribution is -0.137. The largest absolute Gasteiger partial charge is 0.499 e. The van der Waals surface area contributed by atoms with Crippen molar-refractivity contribution in [3.05, 3.63) is 48.2 Å². The molecular weight excluding hydrogens is 354 g/mol. The minimum absolute atomic E-state index is 0.190. The van der Waals surface area contributed by atoms with Crippen molar-refractivity contribution in [3.63, 3.8) is 0 Å². The minimum atomic E-state index is 0.190. The van der Waals surface area contributed by atoms with Crippen molar-refractivity contribution in [2.75, 3.05) is 26.9 Å². The smallest absolute Gasteiger partial charge is 0.222 e. The monoisotopic (exact) mass is 387 g/mol. The van der Waals surface area contributed by atoms with Crippen LogP contribution in [-0.4, -0.2) is 49.5 Å². The summed E-state index contributed by atoms with van der Waals surface area (Å²) in [5.41, 5.74) is 1.06. The van der Waals surface area contributed by atoms with E-state index in [2.05, 4.69) is 6.58 Å². The van der Waals surface area contributed by atoms with Gasteiger partial charge in [0.2, 0.25) is 5.91 Å². The van der Waals surface area contributed by atoms with E-state index in [1.165, 1.54) is 0 Å². The van der Waals surface area contributed by atoms with Gasteiger partial charge in [-0.3, -0.25) is 9.59 Å². The third-order valence-corrected chi connectivity index (χ3v) is 5.18. The first-order valence-corrected chi connectivity index (χ1v) is 10.2. The fraction of sp³-hybridized carbons (Fsp3) is 0.565. The van der Waals surface area contributed by atoms with E-state index in [-0.39, 0.29) is 17.7 Å². The number of carbonyl (C=O) groups excluding carboxylic acids is 2. The second-order valence-electron chi connectivity index (χ2n) is 7.38. The molecule has 28 heavy (non-hydrogen) atoms. The Bertz CT molecular complexity index is 629. The number of rotatable bonds is 13. The number of piperidine rings is 1. The zero-order valence-corrected chi connectivity index (χ0v) is 17.0. The Labute approximate surface area is 168 Å². The minimum Gasteiger partial charge on any atom is -0.499 e. The van der Waals surface area contributed by atoms with Crippen molar-refractivity contribution < 1.29 is 19.1 Å². The molecule has 1 aliphatic heterocycles. The molecule has 1 aromatic carbocycles. The fourth-order valence-corrected chi connectivity index (χ4v) is 3.57. The van der Waals surface area contributed by atoms with Crippen molar-refractivity contribution in [2.45, 2.75) is 57.4 Å². The Morgan fingerprint density at radius 2 is 2.04 bits per heavy atom. The molecule has 0 N–H and O–H groups in total. The Balaban J connectivity index is 1.71. The topological polar surface area (TPSA) is 55.8 Å². The Morgan fingerprint density at radius 1 is 1.25 bits per heavy atom. The molecule has 1 heterocycles. The van der Waals surface area contributed by atoms with Gasteiger partial charge in [-0.1, -0.05) is 36.9 Å². The molecule has 5 heteroatoms. The maximum Gasteiger partial charge on any atom is 0.222 e. The summed E-state index contributed by atoms with van der Waals surface area (Å²) >= 11 is 0. The number of ether oxygens (including phenoxy) is 2. The predicted molar refractivity (Wildman–Crippen MR) is 110 cm³/mol. The van der Waals surface area contributed by atoms with E-state index in [1.54, 1.807) is 7.11 Å². The van der Waals surface area contributed by atoms with Gasteiger partial charge >= 0.3 is 0 Å². The van der Waals surface area contributed by atoms with E-state index >= 15 is 0 Å². The molecule has 1 saturated heterocycles. The average Bonchev–Trinajstić information content (AvgIpc) is 2.70. The molecule has 0 bridgehead atoms. The van der Waals surface area contributed by atoms with Gasteiger partial charge in [-0.25, -0.2) is 0 Å². The van der Waals surface area contributed by atoms with E-state index in [1.807, 2.05) is 35.2 Å². The lowest BCUT2D eigenvalue weighted by Gasteiger charge is -2.36. The van der Waals surface area contributed by atoms with Crippen LogP contribution < -0.4 is 0 Å². The quantitative estimate of drug-likeness (QED) is 0.380. The van der Waals surface area contributed by atoms with Crippen LogP contribution in [0.15, 0.2) is 42.7 Å². The number of benzene rings is 1. The predicted octanol–water partition coefficient (Wildman–Crippen LogP) is 3.92. The number of carbonyl (C=O) groups is 2. The number of methoxy groups -OCH3 is 1. The second kappa shape index (κ2) is 12.3. The van der Waals surface area contributed by atoms with E-state index in [4.69, 9.17) is 9.47 Å². The first kappa shape index (κ1) is 22.2. The Hall–Kier alpha value is -2.14. The molecule has 0 radical (unpaired) electrons. The molecule has 2 rings (SSSR count). The van der Waals surface area contributed by atoms with Gasteiger partial charge in [0.25, 0.3) is 0 Å². The molecule has 1 aromatic rings. The highest BCUT2D eigenvalue weighted by Gasteiger charge is 2.27. The van der Waals surface area contributed by atoms with Crippen LogP contribution in [0.25, 0.3) is 0 Å². The maximum atomic E-state index is 12.4. The van der Waals surface area contributed by atoms with Crippen LogP contribution in [0, 0.1) is 0 Å². The number of unbranched alkanes of at least 4 members (excludes halogenated alkanes) is 1. The molecule has 154 valence electrons. The van der Waals surface area contributed by atoms with E-state index < -0.39 is 0 Å². The fourth-order valence-electron chi connectivity index (χ4n) is 3.57. The highest BCUT2D eigenvalue weighted by atomic mass is 16.5. The van der Waals surface area contributed by atoms with Gasteiger partial charge in [0.1, 0.15) is 18.1 Å². The van der Waals surface area contributed by atoms with E-state index in [9.17, 15) is 9.59 Å². The van der Waals surface area contributed by atoms with Gasteiger partial charge in [0, 0.05) is 38.5 Å². The van der Waals surface area contributed by atoms with Gasteiger partial charge in [-0.05, 0) is 37.7 Å². The first-order chi connectivity index (χ1) is 13.6. The molecule has 1 amide bonds. The molecule has 1 unspecified atom stereocenters. The standard InChI is InChI=1S/C23H33NO4/c1-19(27-2)18-28-16-7-6-15-24-21(11-8-12-23(24)26)13-14-22(25)17-20-9-4-3-5-10-20/h3-5,9-10,21H,1,6-8,11-18H2,2H3. The van der Waals surface area contributed by atoms with Gasteiger partial charge in [-0.2, -0.15) is 0 Å². The van der Waals surface area contributed by atoms with Crippen LogP contribution in [0.4, 0.5) is 0 Å². The van der Waals surface area contributed by atoms with Crippen LogP contribution in [-0.2, 0) is 25.5 Å². The zero-order chi connectivity index (χ0) is 20.2.